The first-order valence-electron chi connectivity index (χ1n) is 12.9. The minimum atomic E-state index is 0. The molecular formula is C24H47IN6O. The molecule has 0 unspecified atom stereocenters. The Morgan fingerprint density at radius 2 is 1.66 bits per heavy atom. The zero-order chi connectivity index (χ0) is 21.9. The number of likely N-dealkylation sites (tertiary alicyclic amines) is 3. The molecule has 7 nitrogen and oxygen atoms in total. The van der Waals surface area contributed by atoms with Crippen LogP contribution in [0, 0.1) is 0 Å². The van der Waals surface area contributed by atoms with Gasteiger partial charge >= 0.3 is 0 Å². The summed E-state index contributed by atoms with van der Waals surface area (Å²) in [5.74, 6) is 1.27. The molecule has 0 saturated carbocycles. The van der Waals surface area contributed by atoms with Gasteiger partial charge in [0.15, 0.2) is 5.96 Å². The minimum Gasteiger partial charge on any atom is -0.357 e. The second kappa shape index (κ2) is 14.6. The van der Waals surface area contributed by atoms with Crippen LogP contribution in [0.1, 0.15) is 71.1 Å². The third-order valence-electron chi connectivity index (χ3n) is 7.39. The number of piperidine rings is 2. The van der Waals surface area contributed by atoms with Crippen molar-refractivity contribution in [3.05, 3.63) is 0 Å². The Hall–Kier alpha value is -0.610. The van der Waals surface area contributed by atoms with Gasteiger partial charge < -0.3 is 20.4 Å². The Labute approximate surface area is 213 Å². The minimum absolute atomic E-state index is 0. The number of nitrogens with zero attached hydrogens (tertiary/aromatic N) is 4. The molecule has 2 N–H and O–H groups in total. The van der Waals surface area contributed by atoms with Gasteiger partial charge in [-0.25, -0.2) is 0 Å². The second-order valence-corrected chi connectivity index (χ2v) is 9.74. The molecule has 3 heterocycles. The van der Waals surface area contributed by atoms with Crippen LogP contribution in [0.25, 0.3) is 0 Å². The average molecular weight is 563 g/mol. The van der Waals surface area contributed by atoms with Crippen LogP contribution in [0.4, 0.5) is 0 Å². The summed E-state index contributed by atoms with van der Waals surface area (Å²) < 4.78 is 0. The summed E-state index contributed by atoms with van der Waals surface area (Å²) in [5, 5.41) is 6.97. The number of rotatable bonds is 8. The maximum Gasteiger partial charge on any atom is 0.222 e. The molecule has 0 spiro atoms. The van der Waals surface area contributed by atoms with E-state index in [4.69, 9.17) is 4.99 Å². The van der Waals surface area contributed by atoms with Crippen molar-refractivity contribution >= 4 is 35.8 Å². The molecule has 0 radical (unpaired) electrons. The number of carbonyl (C=O) groups is 1. The van der Waals surface area contributed by atoms with E-state index in [1.165, 1.54) is 64.7 Å². The first-order valence-corrected chi connectivity index (χ1v) is 12.9. The molecule has 1 amide bonds. The zero-order valence-electron chi connectivity index (χ0n) is 20.5. The molecule has 3 aliphatic heterocycles. The van der Waals surface area contributed by atoms with Gasteiger partial charge in [-0.3, -0.25) is 14.7 Å². The van der Waals surface area contributed by atoms with Crippen LogP contribution < -0.4 is 10.6 Å². The zero-order valence-corrected chi connectivity index (χ0v) is 22.9. The number of aliphatic imine (C=N–C) groups is 1. The van der Waals surface area contributed by atoms with Crippen molar-refractivity contribution in [2.45, 2.75) is 76.7 Å². The predicted molar refractivity (Wildman–Crippen MR) is 144 cm³/mol. The fraction of sp³-hybridized carbons (Fsp3) is 0.917. The Kier molecular flexibility index (Phi) is 12.6. The summed E-state index contributed by atoms with van der Waals surface area (Å²) in [7, 11) is 2.24. The third kappa shape index (κ3) is 8.31. The maximum atomic E-state index is 12.2. The predicted octanol–water partition coefficient (Wildman–Crippen LogP) is 2.90. The molecule has 0 atom stereocenters. The van der Waals surface area contributed by atoms with Crippen molar-refractivity contribution in [3.63, 3.8) is 0 Å². The van der Waals surface area contributed by atoms with Crippen LogP contribution >= 0.6 is 24.0 Å². The normalized spacial score (nSPS) is 23.4. The lowest BCUT2D eigenvalue weighted by Crippen LogP contribution is -2.58. The Bertz CT molecular complexity index is 573. The van der Waals surface area contributed by atoms with Gasteiger partial charge in [0.1, 0.15) is 0 Å². The van der Waals surface area contributed by atoms with Gasteiger partial charge in [-0.1, -0.05) is 12.8 Å². The SMILES string of the molecule is CCNC(=NCC1(N2CCCCC2)CCN(C)CC1)NCCCN1CCCCCC1=O.I. The molecule has 186 valence electrons. The molecule has 8 heteroatoms. The Morgan fingerprint density at radius 3 is 2.38 bits per heavy atom. The molecule has 3 rings (SSSR count). The fourth-order valence-electron chi connectivity index (χ4n) is 5.30. The van der Waals surface area contributed by atoms with Gasteiger partial charge in [0.05, 0.1) is 6.54 Å². The molecule has 0 bridgehead atoms. The Morgan fingerprint density at radius 1 is 0.969 bits per heavy atom. The number of halogens is 1. The molecule has 0 aromatic heterocycles. The highest BCUT2D eigenvalue weighted by atomic mass is 127. The number of carbonyl (C=O) groups excluding carboxylic acids is 1. The average Bonchev–Trinajstić information content (AvgIpc) is 3.01. The van der Waals surface area contributed by atoms with Gasteiger partial charge in [-0.05, 0) is 85.1 Å². The highest BCUT2D eigenvalue weighted by Gasteiger charge is 2.39. The van der Waals surface area contributed by atoms with Crippen molar-refractivity contribution in [1.29, 1.82) is 0 Å². The van der Waals surface area contributed by atoms with E-state index >= 15 is 0 Å². The molecule has 3 fully saturated rings. The molecule has 0 aliphatic carbocycles. The topological polar surface area (TPSA) is 63.2 Å². The summed E-state index contributed by atoms with van der Waals surface area (Å²) in [4.78, 5) is 24.5. The lowest BCUT2D eigenvalue weighted by Gasteiger charge is -2.49. The van der Waals surface area contributed by atoms with E-state index < -0.39 is 0 Å². The van der Waals surface area contributed by atoms with Crippen molar-refractivity contribution in [2.24, 2.45) is 4.99 Å². The first-order chi connectivity index (χ1) is 15.1. The van der Waals surface area contributed by atoms with Crippen LogP contribution in [-0.2, 0) is 4.79 Å². The van der Waals surface area contributed by atoms with Crippen LogP contribution in [0.3, 0.4) is 0 Å². The second-order valence-electron chi connectivity index (χ2n) is 9.74. The maximum absolute atomic E-state index is 12.2. The van der Waals surface area contributed by atoms with E-state index in [0.29, 0.717) is 5.91 Å². The van der Waals surface area contributed by atoms with E-state index in [-0.39, 0.29) is 29.5 Å². The summed E-state index contributed by atoms with van der Waals surface area (Å²) in [6.07, 6.45) is 11.5. The summed E-state index contributed by atoms with van der Waals surface area (Å²) >= 11 is 0. The van der Waals surface area contributed by atoms with Crippen molar-refractivity contribution in [1.82, 2.24) is 25.3 Å². The van der Waals surface area contributed by atoms with E-state index in [1.807, 2.05) is 0 Å². The number of nitrogens with one attached hydrogen (secondary N) is 2. The highest BCUT2D eigenvalue weighted by Crippen LogP contribution is 2.31. The van der Waals surface area contributed by atoms with E-state index in [0.717, 1.165) is 64.4 Å². The molecular weight excluding hydrogens is 515 g/mol. The smallest absolute Gasteiger partial charge is 0.222 e. The van der Waals surface area contributed by atoms with Crippen LogP contribution in [0.2, 0.25) is 0 Å². The van der Waals surface area contributed by atoms with E-state index in [1.54, 1.807) is 0 Å². The number of hydrogen-bond acceptors (Lipinski definition) is 4. The molecule has 3 aliphatic rings. The lowest BCUT2D eigenvalue weighted by atomic mass is 9.84. The van der Waals surface area contributed by atoms with Crippen LogP contribution in [0.15, 0.2) is 4.99 Å². The fourth-order valence-corrected chi connectivity index (χ4v) is 5.30. The number of hydrogen-bond donors (Lipinski definition) is 2. The quantitative estimate of drug-likeness (QED) is 0.206. The first kappa shape index (κ1) is 27.6. The van der Waals surface area contributed by atoms with Gasteiger partial charge in [-0.15, -0.1) is 24.0 Å². The van der Waals surface area contributed by atoms with Crippen LogP contribution in [0.5, 0.6) is 0 Å². The Balaban J connectivity index is 0.00000363. The summed E-state index contributed by atoms with van der Waals surface area (Å²) in [5.41, 5.74) is 0.216. The summed E-state index contributed by atoms with van der Waals surface area (Å²) in [6, 6.07) is 0. The van der Waals surface area contributed by atoms with Crippen molar-refractivity contribution in [2.75, 3.05) is 66.0 Å². The standard InChI is InChI=1S/C24H46N6O.HI/c1-3-25-23(26-14-10-16-29-15-7-4-6-11-22(29)31)27-21-24(12-19-28(2)20-13-24)30-17-8-5-9-18-30;/h3-21H2,1-2H3,(H2,25,26,27);1H. The van der Waals surface area contributed by atoms with Gasteiger partial charge in [0.2, 0.25) is 5.91 Å². The molecule has 0 aromatic carbocycles. The van der Waals surface area contributed by atoms with Crippen LogP contribution in [-0.4, -0.2) is 98.1 Å². The molecule has 0 aromatic rings. The number of guanidine groups is 1. The highest BCUT2D eigenvalue weighted by molar-refractivity contribution is 14.0. The monoisotopic (exact) mass is 562 g/mol. The van der Waals surface area contributed by atoms with Gasteiger partial charge in [0.25, 0.3) is 0 Å². The van der Waals surface area contributed by atoms with Crippen molar-refractivity contribution < 1.29 is 4.79 Å². The lowest BCUT2D eigenvalue weighted by molar-refractivity contribution is -0.130. The van der Waals surface area contributed by atoms with E-state index in [9.17, 15) is 4.79 Å². The molecule has 32 heavy (non-hydrogen) atoms. The third-order valence-corrected chi connectivity index (χ3v) is 7.39. The largest absolute Gasteiger partial charge is 0.357 e. The van der Waals surface area contributed by atoms with Gasteiger partial charge in [0, 0.05) is 38.1 Å². The van der Waals surface area contributed by atoms with Crippen molar-refractivity contribution in [3.8, 4) is 0 Å². The number of amides is 1. The summed E-state index contributed by atoms with van der Waals surface area (Å²) in [6.45, 7) is 11.3. The van der Waals surface area contributed by atoms with Gasteiger partial charge in [-0.2, -0.15) is 0 Å². The molecule has 3 saturated heterocycles. The van der Waals surface area contributed by atoms with E-state index in [2.05, 4.69) is 39.3 Å².